The second-order valence-corrected chi connectivity index (χ2v) is 6.65. The normalized spacial score (nSPS) is 10.7. The van der Waals surface area contributed by atoms with E-state index >= 15 is 0 Å². The van der Waals surface area contributed by atoms with Crippen molar-refractivity contribution in [3.63, 3.8) is 0 Å². The van der Waals surface area contributed by atoms with E-state index < -0.39 is 0 Å². The highest BCUT2D eigenvalue weighted by Gasteiger charge is 2.13. The molecule has 29 heavy (non-hydrogen) atoms. The number of carbonyl (C=O) groups excluding carboxylic acids is 2. The number of urea groups is 1. The number of benzene rings is 2. The van der Waals surface area contributed by atoms with E-state index in [1.807, 2.05) is 31.2 Å². The van der Waals surface area contributed by atoms with Crippen molar-refractivity contribution in [1.82, 2.24) is 14.5 Å². The highest BCUT2D eigenvalue weighted by molar-refractivity contribution is 5.92. The van der Waals surface area contributed by atoms with Crippen molar-refractivity contribution in [2.75, 3.05) is 17.7 Å². The van der Waals surface area contributed by atoms with Crippen LogP contribution in [0.4, 0.5) is 16.2 Å². The lowest BCUT2D eigenvalue weighted by Crippen LogP contribution is -2.26. The molecule has 3 N–H and O–H groups in total. The van der Waals surface area contributed by atoms with Crippen LogP contribution in [0.25, 0.3) is 11.0 Å². The zero-order valence-electron chi connectivity index (χ0n) is 16.6. The van der Waals surface area contributed by atoms with Gasteiger partial charge in [-0.25, -0.2) is 9.59 Å². The minimum Gasteiger partial charge on any atom is -0.341 e. The summed E-state index contributed by atoms with van der Waals surface area (Å²) in [7, 11) is 1.54. The summed E-state index contributed by atoms with van der Waals surface area (Å²) in [5.41, 5.74) is 2.88. The summed E-state index contributed by atoms with van der Waals surface area (Å²) >= 11 is 0. The van der Waals surface area contributed by atoms with Crippen LogP contribution in [-0.2, 0) is 17.9 Å². The Morgan fingerprint density at radius 1 is 0.862 bits per heavy atom. The summed E-state index contributed by atoms with van der Waals surface area (Å²) in [6.45, 7) is 2.98. The molecule has 0 saturated carbocycles. The molecule has 0 aliphatic rings. The molecule has 0 aliphatic carbocycles. The number of aryl methyl sites for hydroxylation is 2. The Morgan fingerprint density at radius 2 is 1.41 bits per heavy atom. The molecular weight excluding hydrogens is 370 g/mol. The van der Waals surface area contributed by atoms with Gasteiger partial charge in [0.1, 0.15) is 0 Å². The van der Waals surface area contributed by atoms with E-state index in [9.17, 15) is 14.4 Å². The lowest BCUT2D eigenvalue weighted by Gasteiger charge is -2.08. The fourth-order valence-corrected chi connectivity index (χ4v) is 3.20. The third kappa shape index (κ3) is 4.66. The van der Waals surface area contributed by atoms with Crippen LogP contribution in [0.1, 0.15) is 19.8 Å². The first kappa shape index (κ1) is 20.2. The summed E-state index contributed by atoms with van der Waals surface area (Å²) < 4.78 is 3.41. The molecule has 0 radical (unpaired) electrons. The number of hydrogen-bond donors (Lipinski definition) is 3. The number of aromatic nitrogens is 2. The molecule has 3 amide bonds. The highest BCUT2D eigenvalue weighted by Crippen LogP contribution is 2.15. The molecule has 2 aromatic carbocycles. The van der Waals surface area contributed by atoms with E-state index in [1.54, 1.807) is 33.4 Å². The fourth-order valence-electron chi connectivity index (χ4n) is 3.20. The number of fused-ring (bicyclic) bond motifs is 1. The maximum atomic E-state index is 12.8. The predicted molar refractivity (Wildman–Crippen MR) is 114 cm³/mol. The van der Waals surface area contributed by atoms with Crippen LogP contribution < -0.4 is 21.6 Å². The van der Waals surface area contributed by atoms with Gasteiger partial charge in [0.2, 0.25) is 5.91 Å². The average molecular weight is 395 g/mol. The van der Waals surface area contributed by atoms with Gasteiger partial charge in [0.05, 0.1) is 11.0 Å². The van der Waals surface area contributed by atoms with E-state index in [0.29, 0.717) is 24.5 Å². The maximum Gasteiger partial charge on any atom is 0.329 e. The Balaban J connectivity index is 1.66. The molecule has 0 atom stereocenters. The van der Waals surface area contributed by atoms with E-state index in [0.717, 1.165) is 17.5 Å². The summed E-state index contributed by atoms with van der Waals surface area (Å²) in [4.78, 5) is 36.4. The summed E-state index contributed by atoms with van der Waals surface area (Å²) in [5.74, 6) is -0.184. The molecule has 1 aromatic heterocycles. The first-order chi connectivity index (χ1) is 14.0. The van der Waals surface area contributed by atoms with Crippen molar-refractivity contribution in [3.8, 4) is 0 Å². The summed E-state index contributed by atoms with van der Waals surface area (Å²) in [6, 6.07) is 14.1. The van der Waals surface area contributed by atoms with Crippen LogP contribution in [0.15, 0.2) is 53.3 Å². The molecule has 0 spiro atoms. The second kappa shape index (κ2) is 9.09. The maximum absolute atomic E-state index is 12.8. The number of rotatable bonds is 7. The molecule has 3 rings (SSSR count). The van der Waals surface area contributed by atoms with Crippen LogP contribution in [0.3, 0.4) is 0 Å². The lowest BCUT2D eigenvalue weighted by atomic mass is 10.2. The van der Waals surface area contributed by atoms with Gasteiger partial charge < -0.3 is 16.0 Å². The van der Waals surface area contributed by atoms with Gasteiger partial charge in [-0.15, -0.1) is 0 Å². The molecule has 8 heteroatoms. The summed E-state index contributed by atoms with van der Waals surface area (Å²) in [6.07, 6.45) is 1.04. The highest BCUT2D eigenvalue weighted by atomic mass is 16.2. The van der Waals surface area contributed by atoms with Gasteiger partial charge in [-0.05, 0) is 42.8 Å². The Bertz CT molecular complexity index is 1070. The van der Waals surface area contributed by atoms with Crippen molar-refractivity contribution in [2.45, 2.75) is 32.9 Å². The van der Waals surface area contributed by atoms with Crippen molar-refractivity contribution < 1.29 is 9.59 Å². The van der Waals surface area contributed by atoms with Crippen LogP contribution >= 0.6 is 0 Å². The fraction of sp³-hybridized carbons (Fsp3) is 0.286. The van der Waals surface area contributed by atoms with Gasteiger partial charge in [0.15, 0.2) is 0 Å². The smallest absolute Gasteiger partial charge is 0.329 e. The molecule has 1 heterocycles. The van der Waals surface area contributed by atoms with Crippen LogP contribution in [0, 0.1) is 0 Å². The van der Waals surface area contributed by atoms with Gasteiger partial charge >= 0.3 is 11.7 Å². The monoisotopic (exact) mass is 395 g/mol. The van der Waals surface area contributed by atoms with Crippen molar-refractivity contribution in [1.29, 1.82) is 0 Å². The number of nitrogens with zero attached hydrogens (tertiary/aromatic N) is 2. The first-order valence-electron chi connectivity index (χ1n) is 9.60. The Labute approximate surface area is 168 Å². The molecule has 0 unspecified atom stereocenters. The van der Waals surface area contributed by atoms with Gasteiger partial charge in [0, 0.05) is 37.9 Å². The number of anilines is 2. The van der Waals surface area contributed by atoms with Gasteiger partial charge in [-0.2, -0.15) is 0 Å². The number of carbonyl (C=O) groups is 2. The lowest BCUT2D eigenvalue weighted by molar-refractivity contribution is -0.116. The Kier molecular flexibility index (Phi) is 6.33. The largest absolute Gasteiger partial charge is 0.341 e. The molecule has 0 fully saturated rings. The number of imidazole rings is 1. The Hall–Kier alpha value is -3.55. The zero-order valence-corrected chi connectivity index (χ0v) is 16.6. The van der Waals surface area contributed by atoms with E-state index in [2.05, 4.69) is 16.0 Å². The molecular formula is C21H25N5O3. The molecule has 152 valence electrons. The van der Waals surface area contributed by atoms with E-state index in [1.165, 1.54) is 7.05 Å². The van der Waals surface area contributed by atoms with Gasteiger partial charge in [-0.3, -0.25) is 13.9 Å². The second-order valence-electron chi connectivity index (χ2n) is 6.65. The number of para-hydroxylation sites is 2. The molecule has 0 saturated heterocycles. The summed E-state index contributed by atoms with van der Waals surface area (Å²) in [5, 5.41) is 7.94. The molecule has 0 bridgehead atoms. The molecule has 3 aromatic rings. The zero-order chi connectivity index (χ0) is 20.8. The number of nitrogens with one attached hydrogen (secondary N) is 3. The van der Waals surface area contributed by atoms with Crippen LogP contribution in [0.5, 0.6) is 0 Å². The SMILES string of the molecule is CCCn1c(=O)n(CCC(=O)Nc2ccc(NC(=O)NC)cc2)c2ccccc21. The molecule has 0 aliphatic heterocycles. The minimum absolute atomic E-state index is 0.0921. The van der Waals surface area contributed by atoms with Crippen molar-refractivity contribution in [2.24, 2.45) is 0 Å². The topological polar surface area (TPSA) is 97.2 Å². The minimum atomic E-state index is -0.311. The van der Waals surface area contributed by atoms with Crippen molar-refractivity contribution in [3.05, 3.63) is 59.0 Å². The van der Waals surface area contributed by atoms with Crippen molar-refractivity contribution >= 4 is 34.3 Å². The van der Waals surface area contributed by atoms with Crippen LogP contribution in [0.2, 0.25) is 0 Å². The van der Waals surface area contributed by atoms with E-state index in [-0.39, 0.29) is 24.0 Å². The molecule has 8 nitrogen and oxygen atoms in total. The first-order valence-corrected chi connectivity index (χ1v) is 9.60. The van der Waals surface area contributed by atoms with Crippen LogP contribution in [-0.4, -0.2) is 28.1 Å². The number of hydrogen-bond acceptors (Lipinski definition) is 3. The third-order valence-electron chi connectivity index (χ3n) is 4.59. The standard InChI is InChI=1S/C21H25N5O3/c1-3-13-25-17-6-4-5-7-18(17)26(21(25)29)14-12-19(27)23-15-8-10-16(11-9-15)24-20(28)22-2/h4-11H,3,12-14H2,1-2H3,(H,23,27)(H2,22,24,28). The number of amides is 3. The quantitative estimate of drug-likeness (QED) is 0.574. The average Bonchev–Trinajstić information content (AvgIpc) is 2.99. The Morgan fingerprint density at radius 3 is 1.97 bits per heavy atom. The third-order valence-corrected chi connectivity index (χ3v) is 4.59. The van der Waals surface area contributed by atoms with Gasteiger partial charge in [-0.1, -0.05) is 19.1 Å². The predicted octanol–water partition coefficient (Wildman–Crippen LogP) is 2.99. The van der Waals surface area contributed by atoms with E-state index in [4.69, 9.17) is 0 Å². The van der Waals surface area contributed by atoms with Gasteiger partial charge in [0.25, 0.3) is 0 Å².